The Labute approximate surface area is 656 Å². The van der Waals surface area contributed by atoms with Gasteiger partial charge in [0, 0.05) is 12.8 Å². The average molecular weight is 1490 g/mol. The van der Waals surface area contributed by atoms with Gasteiger partial charge in [-0.05, 0) is 128 Å². The number of phosphoric acid groups is 1. The van der Waals surface area contributed by atoms with Gasteiger partial charge in [0.2, 0.25) is 0 Å². The van der Waals surface area contributed by atoms with Crippen LogP contribution in [-0.4, -0.2) is 74.9 Å². The Morgan fingerprint density at radius 1 is 0.302 bits per heavy atom. The van der Waals surface area contributed by atoms with E-state index in [1.54, 1.807) is 0 Å². The molecule has 0 aliphatic carbocycles. The van der Waals surface area contributed by atoms with Crippen LogP contribution in [0.1, 0.15) is 386 Å². The number of ether oxygens (including phenoxy) is 2. The SMILES string of the molecule is CC/C=C\C/C=C\C/C=C\C/C=C\C/C=C\C/C=C\C/C=C\C/C=C\C/C=C\C/C=C\CCCCCCCCCCCCC(=O)OC(COC(=O)CCCCCCCCCCCCCCCCCCCCCCCCCCCC/C=C\C/C=C\C/C=C\CCCCCCC)COP(=O)(O)OCC[N+](C)(C)C. The summed E-state index contributed by atoms with van der Waals surface area (Å²) in [6.07, 6.45) is 127. The van der Waals surface area contributed by atoms with Crippen molar-refractivity contribution in [1.29, 1.82) is 0 Å². The number of allylic oxidation sites excluding steroid dienone is 26. The molecule has 0 radical (unpaired) electrons. The minimum absolute atomic E-state index is 0.0263. The number of phosphoric ester groups is 1. The summed E-state index contributed by atoms with van der Waals surface area (Å²) in [5.41, 5.74) is 0. The summed E-state index contributed by atoms with van der Waals surface area (Å²) < 4.78 is 34.9. The summed E-state index contributed by atoms with van der Waals surface area (Å²) in [4.78, 5) is 36.1. The predicted molar refractivity (Wildman–Crippen MR) is 463 cm³/mol. The van der Waals surface area contributed by atoms with Crippen molar-refractivity contribution in [2.75, 3.05) is 47.5 Å². The molecule has 0 aliphatic heterocycles. The third-order valence-corrected chi connectivity index (χ3v) is 20.0. The van der Waals surface area contributed by atoms with Gasteiger partial charge in [0.05, 0.1) is 27.7 Å². The van der Waals surface area contributed by atoms with E-state index >= 15 is 0 Å². The first kappa shape index (κ1) is 102. The lowest BCUT2D eigenvalue weighted by atomic mass is 10.0. The van der Waals surface area contributed by atoms with Gasteiger partial charge in [-0.25, -0.2) is 4.57 Å². The first-order valence-electron chi connectivity index (χ1n) is 44.2. The minimum atomic E-state index is -4.41. The fourth-order valence-corrected chi connectivity index (χ4v) is 13.1. The van der Waals surface area contributed by atoms with Crippen LogP contribution in [0.3, 0.4) is 0 Å². The maximum absolute atomic E-state index is 12.9. The average Bonchev–Trinajstić information content (AvgIpc) is 0.908. The molecule has 0 heterocycles. The second kappa shape index (κ2) is 84.6. The number of quaternary nitrogens is 1. The molecule has 106 heavy (non-hydrogen) atoms. The summed E-state index contributed by atoms with van der Waals surface area (Å²) in [5.74, 6) is -0.795. The molecule has 0 fully saturated rings. The van der Waals surface area contributed by atoms with E-state index in [-0.39, 0.29) is 32.0 Å². The predicted octanol–water partition coefficient (Wildman–Crippen LogP) is 30.2. The van der Waals surface area contributed by atoms with Crippen molar-refractivity contribution in [2.45, 2.75) is 392 Å². The highest BCUT2D eigenvalue weighted by atomic mass is 31.2. The van der Waals surface area contributed by atoms with Crippen molar-refractivity contribution in [3.63, 3.8) is 0 Å². The maximum Gasteiger partial charge on any atom is 0.472 e. The zero-order valence-corrected chi connectivity index (χ0v) is 70.5. The molecule has 0 amide bonds. The molecule has 2 atom stereocenters. The Kier molecular flexibility index (Phi) is 81.2. The van der Waals surface area contributed by atoms with E-state index in [2.05, 4.69) is 172 Å². The standard InChI is InChI=1S/C96H166NO8P/c1-6-8-10-12-14-16-18-20-22-24-26-28-30-32-34-36-38-40-42-44-46-48-50-52-54-56-58-60-62-64-66-68-70-72-74-76-78-80-82-84-86-88-95(98)102-92-94(93-104-106(100,101)103-91-90-97(3,4)5)105-96(99)89-87-85-83-81-79-77-75-73-71-69-67-65-63-61-59-57-55-53-51-49-47-45-43-41-39-37-35-33-31-29-27-25-23-21-19-17-15-13-11-9-7-2/h9,11,15,17-18,20-21,23-24,26-27,29-30,32-33,35,39,41,45,47,51,53,57,59,63,65,94H,6-8,10,12-14,16,19,22,25,28,31,34,36-38,40,42-44,46,48-50,52,54-56,58,60-62,64,66-93H2,1-5H3/p+1/b11-9-,17-15-,20-18-,23-21-,26-24-,29-27-,32-30-,35-33-,41-39-,47-45-,53-51-,59-57-,65-63-. The molecule has 0 aromatic heterocycles. The fourth-order valence-electron chi connectivity index (χ4n) is 12.4. The van der Waals surface area contributed by atoms with Crippen LogP contribution in [0.25, 0.3) is 0 Å². The second-order valence-electron chi connectivity index (χ2n) is 30.5. The maximum atomic E-state index is 12.9. The third-order valence-electron chi connectivity index (χ3n) is 19.0. The number of unbranched alkanes of at least 4 members (excludes halogenated alkanes) is 41. The van der Waals surface area contributed by atoms with Crippen molar-refractivity contribution in [1.82, 2.24) is 0 Å². The molecule has 1 N–H and O–H groups in total. The Bertz CT molecular complexity index is 2360. The van der Waals surface area contributed by atoms with Gasteiger partial charge in [-0.1, -0.05) is 403 Å². The van der Waals surface area contributed by atoms with Gasteiger partial charge >= 0.3 is 19.8 Å². The Morgan fingerprint density at radius 2 is 0.538 bits per heavy atom. The van der Waals surface area contributed by atoms with E-state index in [1.807, 2.05) is 21.1 Å². The summed E-state index contributed by atoms with van der Waals surface area (Å²) in [6, 6.07) is 0. The van der Waals surface area contributed by atoms with E-state index in [9.17, 15) is 19.0 Å². The second-order valence-corrected chi connectivity index (χ2v) is 32.0. The first-order valence-corrected chi connectivity index (χ1v) is 45.7. The Hall–Kier alpha value is -4.37. The summed E-state index contributed by atoms with van der Waals surface area (Å²) in [6.45, 7) is 4.33. The number of nitrogens with zero attached hydrogens (tertiary/aromatic N) is 1. The van der Waals surface area contributed by atoms with Crippen molar-refractivity contribution in [3.8, 4) is 0 Å². The molecule has 9 nitrogen and oxygen atoms in total. The molecule has 0 rings (SSSR count). The van der Waals surface area contributed by atoms with Gasteiger partial charge < -0.3 is 18.9 Å². The summed E-state index contributed by atoms with van der Waals surface area (Å²) in [5, 5.41) is 0. The van der Waals surface area contributed by atoms with Crippen LogP contribution in [-0.2, 0) is 32.7 Å². The Balaban J connectivity index is 3.96. The van der Waals surface area contributed by atoms with Gasteiger partial charge in [-0.2, -0.15) is 0 Å². The van der Waals surface area contributed by atoms with Crippen LogP contribution in [0.2, 0.25) is 0 Å². The van der Waals surface area contributed by atoms with Crippen molar-refractivity contribution < 1.29 is 42.1 Å². The van der Waals surface area contributed by atoms with E-state index in [0.717, 1.165) is 122 Å². The number of carbonyl (C=O) groups excluding carboxylic acids is 2. The molecular weight excluding hydrogens is 1330 g/mol. The number of esters is 2. The number of hydrogen-bond acceptors (Lipinski definition) is 7. The number of hydrogen-bond donors (Lipinski definition) is 1. The molecule has 0 aromatic rings. The molecule has 0 saturated carbocycles. The summed E-state index contributed by atoms with van der Waals surface area (Å²) >= 11 is 0. The minimum Gasteiger partial charge on any atom is -0.462 e. The van der Waals surface area contributed by atoms with E-state index in [1.165, 1.54) is 231 Å². The molecule has 608 valence electrons. The van der Waals surface area contributed by atoms with Gasteiger partial charge in [0.15, 0.2) is 6.10 Å². The highest BCUT2D eigenvalue weighted by molar-refractivity contribution is 7.47. The lowest BCUT2D eigenvalue weighted by Crippen LogP contribution is -2.37. The molecule has 0 saturated heterocycles. The van der Waals surface area contributed by atoms with Gasteiger partial charge in [-0.3, -0.25) is 18.6 Å². The molecule has 2 unspecified atom stereocenters. The zero-order valence-electron chi connectivity index (χ0n) is 69.6. The lowest BCUT2D eigenvalue weighted by Gasteiger charge is -2.24. The van der Waals surface area contributed by atoms with Crippen molar-refractivity contribution in [3.05, 3.63) is 158 Å². The van der Waals surface area contributed by atoms with Gasteiger partial charge in [0.1, 0.15) is 19.8 Å². The van der Waals surface area contributed by atoms with Crippen LogP contribution >= 0.6 is 7.82 Å². The number of rotatable bonds is 81. The normalized spacial score (nSPS) is 13.8. The first-order chi connectivity index (χ1) is 52.0. The van der Waals surface area contributed by atoms with Crippen LogP contribution in [0.15, 0.2) is 158 Å². The largest absolute Gasteiger partial charge is 0.472 e. The molecule has 0 bridgehead atoms. The lowest BCUT2D eigenvalue weighted by molar-refractivity contribution is -0.870. The topological polar surface area (TPSA) is 108 Å². The highest BCUT2D eigenvalue weighted by Crippen LogP contribution is 2.43. The monoisotopic (exact) mass is 1490 g/mol. The molecular formula is C96H167NO8P+. The number of carbonyl (C=O) groups is 2. The molecule has 0 aromatic carbocycles. The van der Waals surface area contributed by atoms with Crippen molar-refractivity contribution in [2.24, 2.45) is 0 Å². The quantitative estimate of drug-likeness (QED) is 0.0211. The van der Waals surface area contributed by atoms with Crippen LogP contribution in [0.4, 0.5) is 0 Å². The molecule has 0 spiro atoms. The van der Waals surface area contributed by atoms with Crippen molar-refractivity contribution >= 4 is 19.8 Å². The van der Waals surface area contributed by atoms with Crippen LogP contribution in [0.5, 0.6) is 0 Å². The van der Waals surface area contributed by atoms with Gasteiger partial charge in [0.25, 0.3) is 0 Å². The molecule has 10 heteroatoms. The third kappa shape index (κ3) is 88.5. The fraction of sp³-hybridized carbons (Fsp3) is 0.708. The van der Waals surface area contributed by atoms with Gasteiger partial charge in [-0.15, -0.1) is 0 Å². The van der Waals surface area contributed by atoms with E-state index < -0.39 is 26.5 Å². The Morgan fingerprint density at radius 3 is 0.802 bits per heavy atom. The summed E-state index contributed by atoms with van der Waals surface area (Å²) in [7, 11) is 1.47. The molecule has 0 aliphatic rings. The zero-order chi connectivity index (χ0) is 76.8. The smallest absolute Gasteiger partial charge is 0.462 e. The van der Waals surface area contributed by atoms with Crippen LogP contribution < -0.4 is 0 Å². The highest BCUT2D eigenvalue weighted by Gasteiger charge is 2.27. The van der Waals surface area contributed by atoms with E-state index in [0.29, 0.717) is 17.4 Å². The van der Waals surface area contributed by atoms with Crippen LogP contribution in [0, 0.1) is 0 Å². The number of likely N-dealkylation sites (N-methyl/N-ethyl adjacent to an activating group) is 1. The van der Waals surface area contributed by atoms with E-state index in [4.69, 9.17) is 18.5 Å².